The van der Waals surface area contributed by atoms with Crippen molar-refractivity contribution in [2.24, 2.45) is 4.99 Å². The molecule has 1 aliphatic carbocycles. The Morgan fingerprint density at radius 3 is 2.68 bits per heavy atom. The Labute approximate surface area is 114 Å². The van der Waals surface area contributed by atoms with Gasteiger partial charge in [-0.25, -0.2) is 9.18 Å². The average Bonchev–Trinajstić information content (AvgIpc) is 2.84. The second kappa shape index (κ2) is 5.19. The number of hydrogen-bond acceptors (Lipinski definition) is 4. The highest BCUT2D eigenvalue weighted by Crippen LogP contribution is 2.50. The van der Waals surface area contributed by atoms with Crippen molar-refractivity contribution in [1.82, 2.24) is 0 Å². The van der Waals surface area contributed by atoms with Crippen molar-refractivity contribution >= 4 is 17.7 Å². The fraction of sp³-hybridized carbons (Fsp3) is 0.462. The molecule has 102 valence electrons. The van der Waals surface area contributed by atoms with Crippen molar-refractivity contribution in [1.29, 1.82) is 0 Å². The number of hydrogen-bond donors (Lipinski definition) is 1. The molecule has 0 atom stereocenters. The third-order valence-corrected chi connectivity index (χ3v) is 3.81. The van der Waals surface area contributed by atoms with Crippen molar-refractivity contribution in [2.75, 3.05) is 7.11 Å². The van der Waals surface area contributed by atoms with E-state index in [4.69, 9.17) is 16.3 Å². The predicted molar refractivity (Wildman–Crippen MR) is 67.9 cm³/mol. The minimum atomic E-state index is -1.09. The van der Waals surface area contributed by atoms with Gasteiger partial charge in [0.25, 0.3) is 0 Å². The number of rotatable bonds is 3. The summed E-state index contributed by atoms with van der Waals surface area (Å²) >= 11 is 5.80. The summed E-state index contributed by atoms with van der Waals surface area (Å²) in [4.78, 5) is 14.4. The van der Waals surface area contributed by atoms with E-state index in [1.807, 2.05) is 0 Å². The smallest absolute Gasteiger partial charge is 0.235 e. The summed E-state index contributed by atoms with van der Waals surface area (Å²) in [5.41, 5.74) is -1.16. The SMILES string of the molecule is COc1cc(Cl)c(F)c(C2(N=C=O)CCCC2)c1O. The van der Waals surface area contributed by atoms with Gasteiger partial charge < -0.3 is 9.84 Å². The molecule has 0 spiro atoms. The maximum absolute atomic E-state index is 14.3. The second-order valence-corrected chi connectivity index (χ2v) is 4.95. The molecule has 6 heteroatoms. The van der Waals surface area contributed by atoms with E-state index in [-0.39, 0.29) is 22.1 Å². The molecule has 0 aliphatic heterocycles. The lowest BCUT2D eigenvalue weighted by molar-refractivity contribution is 0.346. The van der Waals surface area contributed by atoms with Crippen molar-refractivity contribution in [2.45, 2.75) is 31.2 Å². The van der Waals surface area contributed by atoms with Crippen LogP contribution in [0.2, 0.25) is 5.02 Å². The summed E-state index contributed by atoms with van der Waals surface area (Å²) in [6, 6.07) is 1.20. The van der Waals surface area contributed by atoms with E-state index in [0.717, 1.165) is 12.8 Å². The zero-order chi connectivity index (χ0) is 14.0. The lowest BCUT2D eigenvalue weighted by Gasteiger charge is -2.25. The van der Waals surface area contributed by atoms with Crippen LogP contribution in [0.3, 0.4) is 0 Å². The third kappa shape index (κ3) is 2.20. The third-order valence-electron chi connectivity index (χ3n) is 3.53. The van der Waals surface area contributed by atoms with E-state index in [0.29, 0.717) is 12.8 Å². The van der Waals surface area contributed by atoms with Crippen LogP contribution >= 0.6 is 11.6 Å². The molecule has 1 N–H and O–H groups in total. The number of carbonyl (C=O) groups excluding carboxylic acids is 1. The molecule has 0 amide bonds. The van der Waals surface area contributed by atoms with Gasteiger partial charge in [0, 0.05) is 6.07 Å². The monoisotopic (exact) mass is 285 g/mol. The minimum absolute atomic E-state index is 0.0637. The zero-order valence-electron chi connectivity index (χ0n) is 10.4. The van der Waals surface area contributed by atoms with E-state index >= 15 is 0 Å². The van der Waals surface area contributed by atoms with Crippen molar-refractivity contribution in [3.05, 3.63) is 22.5 Å². The number of benzene rings is 1. The number of methoxy groups -OCH3 is 1. The Morgan fingerprint density at radius 2 is 2.16 bits per heavy atom. The van der Waals surface area contributed by atoms with Crippen LogP contribution in [0.1, 0.15) is 31.2 Å². The molecular weight excluding hydrogens is 273 g/mol. The predicted octanol–water partition coefficient (Wildman–Crippen LogP) is 3.30. The first-order valence-electron chi connectivity index (χ1n) is 5.90. The molecule has 1 aliphatic rings. The van der Waals surface area contributed by atoms with Crippen LogP contribution in [0, 0.1) is 5.82 Å². The Hall–Kier alpha value is -1.58. The Bertz CT molecular complexity index is 549. The summed E-state index contributed by atoms with van der Waals surface area (Å²) in [6.45, 7) is 0. The van der Waals surface area contributed by atoms with E-state index in [2.05, 4.69) is 4.99 Å². The molecular formula is C13H13ClFNO3. The molecule has 0 radical (unpaired) electrons. The molecule has 0 heterocycles. The van der Waals surface area contributed by atoms with Crippen LogP contribution < -0.4 is 4.74 Å². The van der Waals surface area contributed by atoms with Gasteiger partial charge in [-0.15, -0.1) is 0 Å². The molecule has 19 heavy (non-hydrogen) atoms. The van der Waals surface area contributed by atoms with Gasteiger partial charge in [-0.05, 0) is 12.8 Å². The Kier molecular flexibility index (Phi) is 3.78. The first kappa shape index (κ1) is 13.8. The molecule has 0 saturated heterocycles. The minimum Gasteiger partial charge on any atom is -0.504 e. The second-order valence-electron chi connectivity index (χ2n) is 4.54. The Morgan fingerprint density at radius 1 is 1.53 bits per heavy atom. The molecule has 4 nitrogen and oxygen atoms in total. The highest BCUT2D eigenvalue weighted by Gasteiger charge is 2.41. The fourth-order valence-electron chi connectivity index (χ4n) is 2.64. The number of phenols is 1. The number of halogens is 2. The summed E-state index contributed by atoms with van der Waals surface area (Å²) in [5.74, 6) is -1.06. The fourth-order valence-corrected chi connectivity index (χ4v) is 2.83. The number of nitrogens with zero attached hydrogens (tertiary/aromatic N) is 1. The van der Waals surface area contributed by atoms with Crippen LogP contribution in [0.15, 0.2) is 11.1 Å². The van der Waals surface area contributed by atoms with Crippen LogP contribution in [0.25, 0.3) is 0 Å². The van der Waals surface area contributed by atoms with Gasteiger partial charge in [0.15, 0.2) is 17.3 Å². The average molecular weight is 286 g/mol. The van der Waals surface area contributed by atoms with Crippen molar-refractivity contribution in [3.8, 4) is 11.5 Å². The van der Waals surface area contributed by atoms with Gasteiger partial charge in [-0.1, -0.05) is 24.4 Å². The van der Waals surface area contributed by atoms with E-state index in [1.165, 1.54) is 19.3 Å². The standard InChI is InChI=1S/C13H13ClFNO3/c1-19-9-6-8(14)11(15)10(12(9)18)13(16-7-17)4-2-3-5-13/h6,18H,2-5H2,1H3. The normalized spacial score (nSPS) is 17.0. The van der Waals surface area contributed by atoms with Gasteiger partial charge in [0.1, 0.15) is 5.54 Å². The maximum Gasteiger partial charge on any atom is 0.235 e. The van der Waals surface area contributed by atoms with Gasteiger partial charge >= 0.3 is 0 Å². The van der Waals surface area contributed by atoms with Crippen LogP contribution in [-0.2, 0) is 10.3 Å². The maximum atomic E-state index is 14.3. The number of phenolic OH excluding ortho intramolecular Hbond substituents is 1. The van der Waals surface area contributed by atoms with Crippen LogP contribution in [0.5, 0.6) is 11.5 Å². The molecule has 1 aromatic rings. The summed E-state index contributed by atoms with van der Waals surface area (Å²) in [6.07, 6.45) is 3.99. The lowest BCUT2D eigenvalue weighted by atomic mass is 9.87. The molecule has 0 unspecified atom stereocenters. The van der Waals surface area contributed by atoms with Gasteiger partial charge in [0.2, 0.25) is 6.08 Å². The van der Waals surface area contributed by atoms with Crippen LogP contribution in [-0.4, -0.2) is 18.3 Å². The largest absolute Gasteiger partial charge is 0.504 e. The molecule has 0 aromatic heterocycles. The van der Waals surface area contributed by atoms with Crippen molar-refractivity contribution in [3.63, 3.8) is 0 Å². The molecule has 1 saturated carbocycles. The van der Waals surface area contributed by atoms with Crippen molar-refractivity contribution < 1.29 is 19.0 Å². The summed E-state index contributed by atoms with van der Waals surface area (Å²) < 4.78 is 19.2. The molecule has 1 aromatic carbocycles. The first-order chi connectivity index (χ1) is 9.05. The van der Waals surface area contributed by atoms with Gasteiger partial charge in [-0.3, -0.25) is 0 Å². The van der Waals surface area contributed by atoms with E-state index in [1.54, 1.807) is 0 Å². The Balaban J connectivity index is 2.72. The lowest BCUT2D eigenvalue weighted by Crippen LogP contribution is -2.21. The summed E-state index contributed by atoms with van der Waals surface area (Å²) in [7, 11) is 1.34. The first-order valence-corrected chi connectivity index (χ1v) is 6.28. The summed E-state index contributed by atoms with van der Waals surface area (Å²) in [5, 5.41) is 9.96. The van der Waals surface area contributed by atoms with Gasteiger partial charge in [0.05, 0.1) is 17.7 Å². The quantitative estimate of drug-likeness (QED) is 0.685. The van der Waals surface area contributed by atoms with E-state index in [9.17, 15) is 14.3 Å². The van der Waals surface area contributed by atoms with E-state index < -0.39 is 11.4 Å². The number of aliphatic imine (C=N–C) groups is 1. The zero-order valence-corrected chi connectivity index (χ0v) is 11.1. The highest BCUT2D eigenvalue weighted by atomic mass is 35.5. The number of ether oxygens (including phenoxy) is 1. The molecule has 2 rings (SSSR count). The van der Waals surface area contributed by atoms with Gasteiger partial charge in [-0.2, -0.15) is 4.99 Å². The molecule has 0 bridgehead atoms. The highest BCUT2D eigenvalue weighted by molar-refractivity contribution is 6.31. The number of isocyanates is 1. The number of aromatic hydroxyl groups is 1. The topological polar surface area (TPSA) is 58.9 Å². The van der Waals surface area contributed by atoms with Crippen LogP contribution in [0.4, 0.5) is 4.39 Å². The molecule has 1 fully saturated rings.